The van der Waals surface area contributed by atoms with Crippen LogP contribution in [0, 0.1) is 0 Å². The number of carboxylic acid groups (broad SMARTS) is 1. The topological polar surface area (TPSA) is 130 Å². The standard InChI is InChI=1S/C34H22N2O6S/c37-28(36-27-13-5-10-24-30(27)32(39)23-9-2-1-8-22(23)31(24)38)18-43-21-16-14-20(15-17-21)35-33(40)25-11-3-6-19-7-4-12-26(29(19)25)34(41)42/h1-17H,18H2,(H,35,40)(H,36,37)(H,41,42). The summed E-state index contributed by atoms with van der Waals surface area (Å²) in [6.45, 7) is 0. The van der Waals surface area contributed by atoms with Crippen LogP contribution in [0.2, 0.25) is 0 Å². The van der Waals surface area contributed by atoms with Crippen molar-refractivity contribution in [3.05, 3.63) is 137 Å². The Morgan fingerprint density at radius 1 is 0.651 bits per heavy atom. The van der Waals surface area contributed by atoms with Crippen molar-refractivity contribution >= 4 is 63.3 Å². The van der Waals surface area contributed by atoms with Gasteiger partial charge in [0, 0.05) is 38.2 Å². The van der Waals surface area contributed by atoms with Crippen LogP contribution in [0.1, 0.15) is 52.6 Å². The third-order valence-electron chi connectivity index (χ3n) is 7.09. The smallest absolute Gasteiger partial charge is 0.336 e. The maximum Gasteiger partial charge on any atom is 0.336 e. The zero-order chi connectivity index (χ0) is 30.1. The number of carboxylic acids is 1. The number of anilines is 2. The van der Waals surface area contributed by atoms with E-state index in [4.69, 9.17) is 0 Å². The molecular weight excluding hydrogens is 564 g/mol. The maximum atomic E-state index is 13.2. The van der Waals surface area contributed by atoms with E-state index in [1.807, 2.05) is 0 Å². The molecule has 0 saturated heterocycles. The third kappa shape index (κ3) is 5.29. The normalized spacial score (nSPS) is 11.9. The highest BCUT2D eigenvalue weighted by molar-refractivity contribution is 8.00. The van der Waals surface area contributed by atoms with Gasteiger partial charge in [0.15, 0.2) is 11.6 Å². The lowest BCUT2D eigenvalue weighted by atomic mass is 9.83. The molecule has 1 aliphatic rings. The van der Waals surface area contributed by atoms with E-state index in [0.717, 1.165) is 4.90 Å². The van der Waals surface area contributed by atoms with Crippen LogP contribution in [0.15, 0.2) is 108 Å². The van der Waals surface area contributed by atoms with Crippen molar-refractivity contribution in [1.82, 2.24) is 0 Å². The van der Waals surface area contributed by atoms with Gasteiger partial charge in [-0.3, -0.25) is 19.2 Å². The molecule has 8 nitrogen and oxygen atoms in total. The van der Waals surface area contributed by atoms with Crippen LogP contribution in [-0.4, -0.2) is 40.2 Å². The number of carbonyl (C=O) groups excluding carboxylic acids is 4. The van der Waals surface area contributed by atoms with E-state index < -0.39 is 11.9 Å². The van der Waals surface area contributed by atoms with Gasteiger partial charge >= 0.3 is 5.97 Å². The molecule has 5 aromatic rings. The van der Waals surface area contributed by atoms with Crippen molar-refractivity contribution in [3.63, 3.8) is 0 Å². The lowest BCUT2D eigenvalue weighted by Gasteiger charge is -2.20. The average Bonchev–Trinajstić information content (AvgIpc) is 3.02. The van der Waals surface area contributed by atoms with Gasteiger partial charge in [-0.1, -0.05) is 60.7 Å². The molecular formula is C34H22N2O6S. The summed E-state index contributed by atoms with van der Waals surface area (Å²) in [5.41, 5.74) is 2.19. The SMILES string of the molecule is O=C(CSc1ccc(NC(=O)c2cccc3cccc(C(=O)O)c23)cc1)Nc1cccc2c1C(=O)c1ccccc1C2=O. The number of thioether (sulfide) groups is 1. The fraction of sp³-hybridized carbons (Fsp3) is 0.0294. The summed E-state index contributed by atoms with van der Waals surface area (Å²) in [6.07, 6.45) is 0. The van der Waals surface area contributed by atoms with Crippen molar-refractivity contribution in [2.75, 3.05) is 16.4 Å². The van der Waals surface area contributed by atoms with Crippen LogP contribution < -0.4 is 10.6 Å². The quantitative estimate of drug-likeness (QED) is 0.187. The Labute approximate surface area is 249 Å². The number of carbonyl (C=O) groups is 5. The van der Waals surface area contributed by atoms with E-state index in [2.05, 4.69) is 10.6 Å². The highest BCUT2D eigenvalue weighted by atomic mass is 32.2. The number of rotatable bonds is 7. The molecule has 9 heteroatoms. The number of hydrogen-bond donors (Lipinski definition) is 3. The molecule has 1 aliphatic carbocycles. The van der Waals surface area contributed by atoms with E-state index in [0.29, 0.717) is 27.6 Å². The highest BCUT2D eigenvalue weighted by Crippen LogP contribution is 2.32. The minimum absolute atomic E-state index is 0.0437. The molecule has 6 rings (SSSR count). The van der Waals surface area contributed by atoms with Crippen LogP contribution >= 0.6 is 11.8 Å². The van der Waals surface area contributed by atoms with Gasteiger partial charge in [0.25, 0.3) is 5.91 Å². The van der Waals surface area contributed by atoms with Crippen molar-refractivity contribution in [2.45, 2.75) is 4.90 Å². The van der Waals surface area contributed by atoms with Gasteiger partial charge in [0.05, 0.1) is 22.6 Å². The molecule has 0 atom stereocenters. The molecule has 0 bridgehead atoms. The van der Waals surface area contributed by atoms with E-state index in [9.17, 15) is 29.1 Å². The summed E-state index contributed by atoms with van der Waals surface area (Å²) in [4.78, 5) is 64.6. The summed E-state index contributed by atoms with van der Waals surface area (Å²) in [5, 5.41) is 16.2. The zero-order valence-corrected chi connectivity index (χ0v) is 23.2. The molecule has 2 amide bonds. The van der Waals surface area contributed by atoms with Gasteiger partial charge in [-0.25, -0.2) is 4.79 Å². The first-order chi connectivity index (χ1) is 20.8. The first-order valence-electron chi connectivity index (χ1n) is 13.2. The lowest BCUT2D eigenvalue weighted by Crippen LogP contribution is -2.24. The Hall–Kier alpha value is -5.54. The average molecular weight is 587 g/mol. The molecule has 0 aromatic heterocycles. The van der Waals surface area contributed by atoms with Crippen molar-refractivity contribution in [3.8, 4) is 0 Å². The second-order valence-corrected chi connectivity index (χ2v) is 10.8. The van der Waals surface area contributed by atoms with Gasteiger partial charge < -0.3 is 15.7 Å². The molecule has 0 spiro atoms. The van der Waals surface area contributed by atoms with E-state index in [1.165, 1.54) is 17.8 Å². The molecule has 210 valence electrons. The predicted molar refractivity (Wildman–Crippen MR) is 164 cm³/mol. The van der Waals surface area contributed by atoms with Gasteiger partial charge in [0.1, 0.15) is 0 Å². The second kappa shape index (κ2) is 11.4. The molecule has 0 unspecified atom stereocenters. The zero-order valence-electron chi connectivity index (χ0n) is 22.4. The Morgan fingerprint density at radius 3 is 1.98 bits per heavy atom. The molecule has 0 radical (unpaired) electrons. The summed E-state index contributed by atoms with van der Waals surface area (Å²) >= 11 is 1.26. The fourth-order valence-corrected chi connectivity index (χ4v) is 5.82. The van der Waals surface area contributed by atoms with Gasteiger partial charge in [-0.05, 0) is 47.9 Å². The molecule has 3 N–H and O–H groups in total. The lowest BCUT2D eigenvalue weighted by molar-refractivity contribution is -0.113. The minimum Gasteiger partial charge on any atom is -0.478 e. The number of benzene rings is 5. The predicted octanol–water partition coefficient (Wildman–Crippen LogP) is 6.30. The van der Waals surface area contributed by atoms with E-state index in [-0.39, 0.29) is 51.2 Å². The largest absolute Gasteiger partial charge is 0.478 e. The molecule has 5 aromatic carbocycles. The van der Waals surface area contributed by atoms with Crippen LogP contribution in [0.5, 0.6) is 0 Å². The van der Waals surface area contributed by atoms with Crippen LogP contribution in [0.4, 0.5) is 11.4 Å². The Balaban J connectivity index is 1.11. The Bertz CT molecular complexity index is 1980. The van der Waals surface area contributed by atoms with Gasteiger partial charge in [0.2, 0.25) is 5.91 Å². The number of ketones is 2. The summed E-state index contributed by atoms with van der Waals surface area (Å²) < 4.78 is 0. The molecule has 0 fully saturated rings. The number of amides is 2. The summed E-state index contributed by atoms with van der Waals surface area (Å²) in [6, 6.07) is 28.2. The van der Waals surface area contributed by atoms with Crippen molar-refractivity contribution < 1.29 is 29.1 Å². The van der Waals surface area contributed by atoms with Crippen molar-refractivity contribution in [2.24, 2.45) is 0 Å². The maximum absolute atomic E-state index is 13.2. The molecule has 43 heavy (non-hydrogen) atoms. The second-order valence-electron chi connectivity index (χ2n) is 9.76. The molecule has 0 aliphatic heterocycles. The third-order valence-corrected chi connectivity index (χ3v) is 8.10. The monoisotopic (exact) mass is 586 g/mol. The van der Waals surface area contributed by atoms with Crippen LogP contribution in [-0.2, 0) is 4.79 Å². The molecule has 0 heterocycles. The highest BCUT2D eigenvalue weighted by Gasteiger charge is 2.31. The fourth-order valence-electron chi connectivity index (χ4n) is 5.13. The molecule has 0 saturated carbocycles. The number of nitrogens with one attached hydrogen (secondary N) is 2. The Morgan fingerprint density at radius 2 is 1.28 bits per heavy atom. The first-order valence-corrected chi connectivity index (χ1v) is 14.2. The van der Waals surface area contributed by atoms with Gasteiger partial charge in [-0.15, -0.1) is 11.8 Å². The van der Waals surface area contributed by atoms with Crippen LogP contribution in [0.25, 0.3) is 10.8 Å². The van der Waals surface area contributed by atoms with Crippen LogP contribution in [0.3, 0.4) is 0 Å². The van der Waals surface area contributed by atoms with Gasteiger partial charge in [-0.2, -0.15) is 0 Å². The Kier molecular flexibility index (Phi) is 7.31. The first kappa shape index (κ1) is 27.6. The summed E-state index contributed by atoms with van der Waals surface area (Å²) in [5.74, 6) is -2.43. The summed E-state index contributed by atoms with van der Waals surface area (Å²) in [7, 11) is 0. The minimum atomic E-state index is -1.12. The van der Waals surface area contributed by atoms with Crippen molar-refractivity contribution in [1.29, 1.82) is 0 Å². The number of aromatic carboxylic acids is 1. The number of fused-ring (bicyclic) bond motifs is 3. The van der Waals surface area contributed by atoms with E-state index in [1.54, 1.807) is 97.1 Å². The number of hydrogen-bond acceptors (Lipinski definition) is 6. The van der Waals surface area contributed by atoms with E-state index >= 15 is 0 Å².